The Morgan fingerprint density at radius 3 is 2.36 bits per heavy atom. The summed E-state index contributed by atoms with van der Waals surface area (Å²) in [5, 5.41) is 14.8. The lowest BCUT2D eigenvalue weighted by Gasteiger charge is -2.39. The van der Waals surface area contributed by atoms with E-state index in [9.17, 15) is 9.90 Å². The van der Waals surface area contributed by atoms with Gasteiger partial charge in [0, 0.05) is 18.0 Å². The summed E-state index contributed by atoms with van der Waals surface area (Å²) in [7, 11) is -0.225. The van der Waals surface area contributed by atoms with Crippen molar-refractivity contribution in [1.29, 1.82) is 0 Å². The number of para-hydroxylation sites is 1. The van der Waals surface area contributed by atoms with Crippen LogP contribution in [0.2, 0.25) is 18.6 Å². The summed E-state index contributed by atoms with van der Waals surface area (Å²) in [6.07, 6.45) is 4.25. The molecule has 3 aliphatic rings. The number of nitrogens with zero attached hydrogens (tertiary/aromatic N) is 2. The maximum Gasteiger partial charge on any atom is 0.254 e. The molecular weight excluding hydrogens is 579 g/mol. The molecule has 45 heavy (non-hydrogen) atoms. The molecule has 6 rings (SSSR count). The fourth-order valence-electron chi connectivity index (χ4n) is 8.40. The molecular formula is C37H49N3O4Si. The van der Waals surface area contributed by atoms with Crippen LogP contribution >= 0.6 is 0 Å². The molecule has 3 aromatic carbocycles. The van der Waals surface area contributed by atoms with Crippen molar-refractivity contribution in [2.24, 2.45) is 5.92 Å². The maximum atomic E-state index is 14.2. The highest BCUT2D eigenvalue weighted by atomic mass is 28.3. The molecule has 0 saturated carbocycles. The quantitative estimate of drug-likeness (QED) is 0.296. The van der Waals surface area contributed by atoms with Gasteiger partial charge in [0.05, 0.1) is 34.1 Å². The zero-order valence-corrected chi connectivity index (χ0v) is 28.2. The molecule has 3 heterocycles. The molecule has 0 aliphatic carbocycles. The topological polar surface area (TPSA) is 74.3 Å². The average Bonchev–Trinajstić information content (AvgIpc) is 3.53. The van der Waals surface area contributed by atoms with Gasteiger partial charge in [0.15, 0.2) is 0 Å². The molecule has 0 bridgehead atoms. The summed E-state index contributed by atoms with van der Waals surface area (Å²) in [4.78, 5) is 18.5. The molecule has 7 nitrogen and oxygen atoms in total. The number of hydrogen-bond acceptors (Lipinski definition) is 6. The Balaban J connectivity index is 1.18. The van der Waals surface area contributed by atoms with Crippen LogP contribution < -0.4 is 25.0 Å². The van der Waals surface area contributed by atoms with Crippen LogP contribution in [-0.4, -0.2) is 70.3 Å². The number of piperidine rings is 1. The predicted molar refractivity (Wildman–Crippen MR) is 184 cm³/mol. The van der Waals surface area contributed by atoms with E-state index in [4.69, 9.17) is 9.47 Å². The van der Waals surface area contributed by atoms with Crippen molar-refractivity contribution in [2.75, 3.05) is 43.3 Å². The number of ether oxygens (including phenoxy) is 2. The van der Waals surface area contributed by atoms with Gasteiger partial charge in [-0.3, -0.25) is 9.69 Å². The van der Waals surface area contributed by atoms with Crippen LogP contribution in [0.4, 0.5) is 11.4 Å². The van der Waals surface area contributed by atoms with E-state index in [1.807, 2.05) is 11.0 Å². The number of aliphatic hydroxyl groups is 1. The van der Waals surface area contributed by atoms with E-state index >= 15 is 0 Å². The SMILES string of the molecule is COc1ccc([Si](C)(C)[C@H]2[C@H](C)[C@H](CCc3cccc(N4CN(c5ccccc5)C5(CCNCC5)C4=O)c3)O[C@@H]2CCO)cc1. The number of carbonyl (C=O) groups excluding carboxylic acids is 1. The third-order valence-electron chi connectivity index (χ3n) is 10.9. The number of nitrogens with one attached hydrogen (secondary N) is 1. The Morgan fingerprint density at radius 1 is 0.956 bits per heavy atom. The Hall–Kier alpha value is -3.17. The molecule has 240 valence electrons. The Morgan fingerprint density at radius 2 is 1.67 bits per heavy atom. The van der Waals surface area contributed by atoms with Crippen LogP contribution in [0.1, 0.15) is 38.2 Å². The van der Waals surface area contributed by atoms with E-state index in [2.05, 4.69) is 103 Å². The second-order valence-electron chi connectivity index (χ2n) is 13.7. The van der Waals surface area contributed by atoms with E-state index in [-0.39, 0.29) is 24.7 Å². The lowest BCUT2D eigenvalue weighted by Crippen LogP contribution is -2.55. The molecule has 3 aromatic rings. The molecule has 2 N–H and O–H groups in total. The first-order valence-corrected chi connectivity index (χ1v) is 19.7. The van der Waals surface area contributed by atoms with Gasteiger partial charge >= 0.3 is 0 Å². The third kappa shape index (κ3) is 6.05. The van der Waals surface area contributed by atoms with Crippen molar-refractivity contribution in [3.05, 3.63) is 84.4 Å². The molecule has 3 aliphatic heterocycles. The van der Waals surface area contributed by atoms with Crippen molar-refractivity contribution in [3.8, 4) is 5.75 Å². The highest BCUT2D eigenvalue weighted by molar-refractivity contribution is 6.91. The van der Waals surface area contributed by atoms with Crippen LogP contribution in [-0.2, 0) is 16.0 Å². The molecule has 4 atom stereocenters. The number of amides is 1. The Labute approximate surface area is 269 Å². The van der Waals surface area contributed by atoms with Crippen LogP contribution in [0, 0.1) is 5.92 Å². The van der Waals surface area contributed by atoms with E-state index in [0.29, 0.717) is 24.5 Å². The number of anilines is 2. The summed E-state index contributed by atoms with van der Waals surface area (Å²) in [5.41, 5.74) is 3.20. The van der Waals surface area contributed by atoms with Crippen molar-refractivity contribution in [3.63, 3.8) is 0 Å². The fourth-order valence-corrected chi connectivity index (χ4v) is 12.5. The number of aryl methyl sites for hydroxylation is 1. The molecule has 0 aromatic heterocycles. The summed E-state index contributed by atoms with van der Waals surface area (Å²) in [6, 6.07) is 27.5. The minimum absolute atomic E-state index is 0.0532. The number of methoxy groups -OCH3 is 1. The Bertz CT molecular complexity index is 1440. The smallest absolute Gasteiger partial charge is 0.254 e. The fraction of sp³-hybridized carbons (Fsp3) is 0.486. The Kier molecular flexibility index (Phi) is 9.38. The van der Waals surface area contributed by atoms with E-state index in [1.54, 1.807) is 7.11 Å². The molecule has 0 unspecified atom stereocenters. The van der Waals surface area contributed by atoms with Gasteiger partial charge in [-0.05, 0) is 98.6 Å². The number of hydrogen-bond donors (Lipinski definition) is 2. The number of carbonyl (C=O) groups is 1. The number of aliphatic hydroxyl groups excluding tert-OH is 1. The summed E-state index contributed by atoms with van der Waals surface area (Å²) in [6.45, 7) is 9.62. The van der Waals surface area contributed by atoms with Gasteiger partial charge in [0.1, 0.15) is 11.3 Å². The predicted octanol–water partition coefficient (Wildman–Crippen LogP) is 5.33. The van der Waals surface area contributed by atoms with Gasteiger partial charge in [0.2, 0.25) is 0 Å². The maximum absolute atomic E-state index is 14.2. The first-order valence-electron chi connectivity index (χ1n) is 16.6. The van der Waals surface area contributed by atoms with Crippen molar-refractivity contribution in [2.45, 2.75) is 75.4 Å². The van der Waals surface area contributed by atoms with Gasteiger partial charge in [0.25, 0.3) is 5.91 Å². The first-order chi connectivity index (χ1) is 21.8. The van der Waals surface area contributed by atoms with Crippen molar-refractivity contribution in [1.82, 2.24) is 5.32 Å². The lowest BCUT2D eigenvalue weighted by molar-refractivity contribution is -0.122. The van der Waals surface area contributed by atoms with Crippen LogP contribution in [0.3, 0.4) is 0 Å². The van der Waals surface area contributed by atoms with Crippen molar-refractivity contribution >= 4 is 30.5 Å². The monoisotopic (exact) mass is 627 g/mol. The van der Waals surface area contributed by atoms with E-state index in [1.165, 1.54) is 10.8 Å². The molecule has 1 spiro atoms. The molecule has 8 heteroatoms. The first kappa shape index (κ1) is 31.8. The highest BCUT2D eigenvalue weighted by Crippen LogP contribution is 2.46. The van der Waals surface area contributed by atoms with Crippen LogP contribution in [0.25, 0.3) is 0 Å². The van der Waals surface area contributed by atoms with Crippen LogP contribution in [0.15, 0.2) is 78.9 Å². The van der Waals surface area contributed by atoms with Crippen molar-refractivity contribution < 1.29 is 19.4 Å². The van der Waals surface area contributed by atoms with Gasteiger partial charge in [-0.15, -0.1) is 0 Å². The number of rotatable bonds is 10. The highest BCUT2D eigenvalue weighted by Gasteiger charge is 2.53. The minimum Gasteiger partial charge on any atom is -0.497 e. The van der Waals surface area contributed by atoms with E-state index < -0.39 is 13.6 Å². The normalized spacial score (nSPS) is 24.9. The largest absolute Gasteiger partial charge is 0.497 e. The third-order valence-corrected chi connectivity index (χ3v) is 15.3. The van der Waals surface area contributed by atoms with Gasteiger partial charge < -0.3 is 24.8 Å². The molecule has 0 radical (unpaired) electrons. The number of benzene rings is 3. The van der Waals surface area contributed by atoms with Gasteiger partial charge in [-0.25, -0.2) is 0 Å². The second-order valence-corrected chi connectivity index (χ2v) is 18.4. The van der Waals surface area contributed by atoms with Gasteiger partial charge in [-0.1, -0.05) is 67.7 Å². The molecule has 3 fully saturated rings. The average molecular weight is 628 g/mol. The summed E-state index contributed by atoms with van der Waals surface area (Å²) >= 11 is 0. The summed E-state index contributed by atoms with van der Waals surface area (Å²) < 4.78 is 12.2. The molecule has 3 saturated heterocycles. The zero-order valence-electron chi connectivity index (χ0n) is 27.2. The second kappa shape index (κ2) is 13.3. The van der Waals surface area contributed by atoms with E-state index in [0.717, 1.165) is 55.9 Å². The minimum atomic E-state index is -1.93. The van der Waals surface area contributed by atoms with Gasteiger partial charge in [-0.2, -0.15) is 0 Å². The molecule has 1 amide bonds. The zero-order chi connectivity index (χ0) is 31.6. The standard InChI is InChI=1S/C37H49N3O4Si/c1-27-33(44-34(19-24-41)35(27)45(3,4)32-16-14-31(43-2)15-17-32)18-13-28-9-8-12-30(25-28)39-26-40(29-10-6-5-7-11-29)37(36(39)42)20-22-38-23-21-37/h5-12,14-17,25,27,33-35,38,41H,13,18-24,26H2,1-4H3/t27-,33+,34-,35+/m1/s1. The summed E-state index contributed by atoms with van der Waals surface area (Å²) in [5.74, 6) is 1.46. The lowest BCUT2D eigenvalue weighted by atomic mass is 9.86. The van der Waals surface area contributed by atoms with Crippen LogP contribution in [0.5, 0.6) is 5.75 Å².